The Hall–Kier alpha value is -1.26. The highest BCUT2D eigenvalue weighted by atomic mass is 16.5. The number of benzene rings is 1. The lowest BCUT2D eigenvalue weighted by Gasteiger charge is -2.39. The standard InChI is InChI=1S/C20H29NO3/c22-17-9-8-15-16(20(17)23)12-18(14-6-2-1-3-7-14)24-19(15)13-21-10-4-5-11-21/h8-9,14,18-19,22-23H,1-7,10-13H2. The molecule has 1 aromatic rings. The molecule has 2 heterocycles. The lowest BCUT2D eigenvalue weighted by Crippen LogP contribution is -2.38. The smallest absolute Gasteiger partial charge is 0.161 e. The summed E-state index contributed by atoms with van der Waals surface area (Å²) in [6.07, 6.45) is 9.86. The maximum absolute atomic E-state index is 10.4. The summed E-state index contributed by atoms with van der Waals surface area (Å²) < 4.78 is 6.57. The molecule has 1 aliphatic carbocycles. The number of hydrogen-bond donors (Lipinski definition) is 2. The Morgan fingerprint density at radius 2 is 1.75 bits per heavy atom. The summed E-state index contributed by atoms with van der Waals surface area (Å²) in [5.41, 5.74) is 1.99. The van der Waals surface area contributed by atoms with E-state index in [9.17, 15) is 10.2 Å². The summed E-state index contributed by atoms with van der Waals surface area (Å²) in [4.78, 5) is 2.47. The van der Waals surface area contributed by atoms with Gasteiger partial charge in [-0.1, -0.05) is 25.3 Å². The molecule has 24 heavy (non-hydrogen) atoms. The largest absolute Gasteiger partial charge is 0.504 e. The highest BCUT2D eigenvalue weighted by Gasteiger charge is 2.36. The van der Waals surface area contributed by atoms with Crippen molar-refractivity contribution in [2.45, 2.75) is 63.6 Å². The molecule has 1 saturated carbocycles. The van der Waals surface area contributed by atoms with Crippen LogP contribution < -0.4 is 0 Å². The number of nitrogens with zero attached hydrogens (tertiary/aromatic N) is 1. The van der Waals surface area contributed by atoms with Gasteiger partial charge >= 0.3 is 0 Å². The van der Waals surface area contributed by atoms with Crippen LogP contribution in [-0.4, -0.2) is 40.9 Å². The Morgan fingerprint density at radius 3 is 2.50 bits per heavy atom. The highest BCUT2D eigenvalue weighted by Crippen LogP contribution is 2.43. The van der Waals surface area contributed by atoms with Crippen molar-refractivity contribution < 1.29 is 14.9 Å². The molecule has 132 valence electrons. The van der Waals surface area contributed by atoms with Crippen molar-refractivity contribution >= 4 is 0 Å². The lowest BCUT2D eigenvalue weighted by atomic mass is 9.80. The Balaban J connectivity index is 1.60. The molecular weight excluding hydrogens is 302 g/mol. The minimum atomic E-state index is -0.00188. The molecule has 1 saturated heterocycles. The monoisotopic (exact) mass is 331 g/mol. The molecular formula is C20H29NO3. The van der Waals surface area contributed by atoms with Crippen molar-refractivity contribution in [3.05, 3.63) is 23.3 Å². The van der Waals surface area contributed by atoms with Crippen LogP contribution in [-0.2, 0) is 11.2 Å². The molecule has 2 unspecified atom stereocenters. The SMILES string of the molecule is Oc1ccc2c(c1O)CC(C1CCCCC1)OC2CN1CCCC1. The van der Waals surface area contributed by atoms with Gasteiger partial charge in [-0.15, -0.1) is 0 Å². The van der Waals surface area contributed by atoms with E-state index in [2.05, 4.69) is 4.90 Å². The van der Waals surface area contributed by atoms with E-state index < -0.39 is 0 Å². The molecule has 2 N–H and O–H groups in total. The van der Waals surface area contributed by atoms with Crippen LogP contribution >= 0.6 is 0 Å². The Labute approximate surface area is 144 Å². The normalized spacial score (nSPS) is 28.8. The van der Waals surface area contributed by atoms with E-state index in [4.69, 9.17) is 4.74 Å². The molecule has 0 aromatic heterocycles. The Bertz CT molecular complexity index is 576. The summed E-state index contributed by atoms with van der Waals surface area (Å²) in [5, 5.41) is 20.4. The van der Waals surface area contributed by atoms with Crippen molar-refractivity contribution in [2.24, 2.45) is 5.92 Å². The van der Waals surface area contributed by atoms with E-state index in [-0.39, 0.29) is 23.7 Å². The third-order valence-electron chi connectivity index (χ3n) is 6.19. The Morgan fingerprint density at radius 1 is 1.00 bits per heavy atom. The van der Waals surface area contributed by atoms with E-state index >= 15 is 0 Å². The van der Waals surface area contributed by atoms with Gasteiger partial charge in [0.25, 0.3) is 0 Å². The first-order chi connectivity index (χ1) is 11.7. The van der Waals surface area contributed by atoms with Crippen LogP contribution in [0.25, 0.3) is 0 Å². The second kappa shape index (κ2) is 6.93. The second-order valence-electron chi connectivity index (χ2n) is 7.77. The number of rotatable bonds is 3. The molecule has 4 nitrogen and oxygen atoms in total. The summed E-state index contributed by atoms with van der Waals surface area (Å²) in [6, 6.07) is 3.55. The molecule has 4 rings (SSSR count). The van der Waals surface area contributed by atoms with E-state index in [1.807, 2.05) is 6.07 Å². The van der Waals surface area contributed by atoms with E-state index in [1.54, 1.807) is 6.07 Å². The molecule has 2 aliphatic heterocycles. The van der Waals surface area contributed by atoms with Crippen molar-refractivity contribution in [1.82, 2.24) is 4.90 Å². The lowest BCUT2D eigenvalue weighted by molar-refractivity contribution is -0.0732. The maximum Gasteiger partial charge on any atom is 0.161 e. The zero-order valence-electron chi connectivity index (χ0n) is 14.4. The van der Waals surface area contributed by atoms with Crippen LogP contribution in [0.2, 0.25) is 0 Å². The quantitative estimate of drug-likeness (QED) is 0.828. The van der Waals surface area contributed by atoms with E-state index in [0.29, 0.717) is 5.92 Å². The third-order valence-corrected chi connectivity index (χ3v) is 6.19. The van der Waals surface area contributed by atoms with Crippen LogP contribution in [0.1, 0.15) is 62.2 Å². The first-order valence-corrected chi connectivity index (χ1v) is 9.64. The number of hydrogen-bond acceptors (Lipinski definition) is 4. The van der Waals surface area contributed by atoms with E-state index in [0.717, 1.165) is 37.2 Å². The first kappa shape index (κ1) is 16.2. The van der Waals surface area contributed by atoms with Crippen LogP contribution in [0.5, 0.6) is 11.5 Å². The number of ether oxygens (including phenoxy) is 1. The van der Waals surface area contributed by atoms with Crippen LogP contribution in [0, 0.1) is 5.92 Å². The van der Waals surface area contributed by atoms with Gasteiger partial charge in [0, 0.05) is 18.5 Å². The molecule has 0 spiro atoms. The van der Waals surface area contributed by atoms with Gasteiger partial charge < -0.3 is 19.8 Å². The van der Waals surface area contributed by atoms with Crippen molar-refractivity contribution in [2.75, 3.05) is 19.6 Å². The molecule has 0 bridgehead atoms. The Kier molecular flexibility index (Phi) is 4.68. The fraction of sp³-hybridized carbons (Fsp3) is 0.700. The van der Waals surface area contributed by atoms with Gasteiger partial charge in [0.15, 0.2) is 11.5 Å². The number of phenols is 2. The van der Waals surface area contributed by atoms with Crippen LogP contribution in [0.3, 0.4) is 0 Å². The van der Waals surface area contributed by atoms with Gasteiger partial charge in [0.2, 0.25) is 0 Å². The van der Waals surface area contributed by atoms with E-state index in [1.165, 1.54) is 44.9 Å². The summed E-state index contributed by atoms with van der Waals surface area (Å²) in [6.45, 7) is 3.20. The molecule has 4 heteroatoms. The average Bonchev–Trinajstić information content (AvgIpc) is 3.12. The minimum absolute atomic E-state index is 0.00188. The summed E-state index contributed by atoms with van der Waals surface area (Å²) >= 11 is 0. The molecule has 0 amide bonds. The van der Waals surface area contributed by atoms with Gasteiger partial charge in [-0.3, -0.25) is 0 Å². The fourth-order valence-electron chi connectivity index (χ4n) is 4.81. The second-order valence-corrected chi connectivity index (χ2v) is 7.77. The number of phenolic OH excluding ortho intramolecular Hbond substituents is 2. The third kappa shape index (κ3) is 3.14. The molecule has 0 radical (unpaired) electrons. The molecule has 1 aromatic carbocycles. The van der Waals surface area contributed by atoms with Crippen molar-refractivity contribution in [3.8, 4) is 11.5 Å². The topological polar surface area (TPSA) is 52.9 Å². The first-order valence-electron chi connectivity index (χ1n) is 9.64. The zero-order chi connectivity index (χ0) is 16.5. The van der Waals surface area contributed by atoms with Gasteiger partial charge in [-0.2, -0.15) is 0 Å². The minimum Gasteiger partial charge on any atom is -0.504 e. The predicted molar refractivity (Wildman–Crippen MR) is 93.3 cm³/mol. The average molecular weight is 331 g/mol. The van der Waals surface area contributed by atoms with Crippen molar-refractivity contribution in [3.63, 3.8) is 0 Å². The zero-order valence-corrected chi connectivity index (χ0v) is 14.4. The molecule has 2 fully saturated rings. The predicted octanol–water partition coefficient (Wildman–Crippen LogP) is 3.76. The number of likely N-dealkylation sites (tertiary alicyclic amines) is 1. The highest BCUT2D eigenvalue weighted by molar-refractivity contribution is 5.51. The fourth-order valence-corrected chi connectivity index (χ4v) is 4.81. The van der Waals surface area contributed by atoms with Crippen molar-refractivity contribution in [1.29, 1.82) is 0 Å². The maximum atomic E-state index is 10.4. The van der Waals surface area contributed by atoms with Gasteiger partial charge in [-0.05, 0) is 56.3 Å². The molecule has 2 atom stereocenters. The number of fused-ring (bicyclic) bond motifs is 1. The van der Waals surface area contributed by atoms with Gasteiger partial charge in [-0.25, -0.2) is 0 Å². The van der Waals surface area contributed by atoms with Gasteiger partial charge in [0.05, 0.1) is 12.2 Å². The number of aromatic hydroxyl groups is 2. The van der Waals surface area contributed by atoms with Crippen LogP contribution in [0.15, 0.2) is 12.1 Å². The summed E-state index contributed by atoms with van der Waals surface area (Å²) in [7, 11) is 0. The summed E-state index contributed by atoms with van der Waals surface area (Å²) in [5.74, 6) is 0.663. The van der Waals surface area contributed by atoms with Crippen LogP contribution in [0.4, 0.5) is 0 Å². The van der Waals surface area contributed by atoms with Gasteiger partial charge in [0.1, 0.15) is 0 Å². The molecule has 3 aliphatic rings.